The van der Waals surface area contributed by atoms with Crippen LogP contribution in [-0.4, -0.2) is 13.4 Å². The molecule has 0 saturated carbocycles. The third kappa shape index (κ3) is 3.49. The Hall–Kier alpha value is -1.70. The molecule has 0 aliphatic rings. The molecule has 110 valence electrons. The van der Waals surface area contributed by atoms with E-state index in [2.05, 4.69) is 4.72 Å². The zero-order valence-electron chi connectivity index (χ0n) is 10.5. The van der Waals surface area contributed by atoms with E-state index in [4.69, 9.17) is 29.6 Å². The number of nitrogens with two attached hydrogens (primary N) is 1. The van der Waals surface area contributed by atoms with Crippen molar-refractivity contribution in [2.45, 2.75) is 4.90 Å². The van der Waals surface area contributed by atoms with Gasteiger partial charge in [0.05, 0.1) is 15.6 Å². The Morgan fingerprint density at radius 1 is 1.19 bits per heavy atom. The minimum absolute atomic E-state index is 0.0399. The van der Waals surface area contributed by atoms with Gasteiger partial charge in [0.1, 0.15) is 4.99 Å². The summed E-state index contributed by atoms with van der Waals surface area (Å²) in [5, 5.41) is -0.168. The Morgan fingerprint density at radius 3 is 2.38 bits per heavy atom. The number of sulfonamides is 1. The number of benzene rings is 2. The lowest BCUT2D eigenvalue weighted by Gasteiger charge is -2.10. The first-order valence-corrected chi connectivity index (χ1v) is 7.95. The molecule has 4 nitrogen and oxygen atoms in total. The second kappa shape index (κ2) is 5.97. The van der Waals surface area contributed by atoms with E-state index in [0.29, 0.717) is 5.56 Å². The molecule has 2 aromatic rings. The molecule has 0 fully saturated rings. The third-order valence-corrected chi connectivity index (χ3v) is 4.55. The first-order valence-electron chi connectivity index (χ1n) is 5.68. The van der Waals surface area contributed by atoms with Crippen molar-refractivity contribution in [3.8, 4) is 0 Å². The molecule has 0 atom stereocenters. The highest BCUT2D eigenvalue weighted by Crippen LogP contribution is 2.24. The molecule has 0 unspecified atom stereocenters. The van der Waals surface area contributed by atoms with Gasteiger partial charge in [0.2, 0.25) is 0 Å². The smallest absolute Gasteiger partial charge is 0.261 e. The van der Waals surface area contributed by atoms with Gasteiger partial charge in [-0.1, -0.05) is 42.0 Å². The van der Waals surface area contributed by atoms with Gasteiger partial charge < -0.3 is 5.73 Å². The standard InChI is InChI=1S/C13H10ClFN2O2S2/c14-10-2-1-3-11(12(10)15)17-21(18,19)9-6-4-8(5-7-9)13(16)20/h1-7,17H,(H2,16,20). The average Bonchev–Trinajstić information content (AvgIpc) is 2.44. The Kier molecular flexibility index (Phi) is 4.46. The van der Waals surface area contributed by atoms with Crippen LogP contribution in [0.2, 0.25) is 5.02 Å². The van der Waals surface area contributed by atoms with E-state index in [1.807, 2.05) is 0 Å². The first kappa shape index (κ1) is 15.7. The number of hydrogen-bond acceptors (Lipinski definition) is 3. The lowest BCUT2D eigenvalue weighted by Crippen LogP contribution is -2.15. The van der Waals surface area contributed by atoms with Crippen molar-refractivity contribution >= 4 is 44.5 Å². The van der Waals surface area contributed by atoms with E-state index < -0.39 is 15.8 Å². The minimum Gasteiger partial charge on any atom is -0.389 e. The molecular formula is C13H10ClFN2O2S2. The summed E-state index contributed by atoms with van der Waals surface area (Å²) < 4.78 is 40.2. The fourth-order valence-corrected chi connectivity index (χ4v) is 2.95. The van der Waals surface area contributed by atoms with Crippen LogP contribution in [-0.2, 0) is 10.0 Å². The predicted octanol–water partition coefficient (Wildman–Crippen LogP) is 2.91. The van der Waals surface area contributed by atoms with Crippen LogP contribution in [0.1, 0.15) is 5.56 Å². The fraction of sp³-hybridized carbons (Fsp3) is 0. The SMILES string of the molecule is NC(=S)c1ccc(S(=O)(=O)Nc2cccc(Cl)c2F)cc1. The number of rotatable bonds is 4. The van der Waals surface area contributed by atoms with Crippen LogP contribution in [0.4, 0.5) is 10.1 Å². The maximum absolute atomic E-state index is 13.7. The van der Waals surface area contributed by atoms with Crippen LogP contribution in [0.5, 0.6) is 0 Å². The van der Waals surface area contributed by atoms with Gasteiger partial charge in [0.15, 0.2) is 5.82 Å². The lowest BCUT2D eigenvalue weighted by atomic mass is 10.2. The van der Waals surface area contributed by atoms with Gasteiger partial charge in [-0.3, -0.25) is 4.72 Å². The minimum atomic E-state index is -3.93. The largest absolute Gasteiger partial charge is 0.389 e. The Balaban J connectivity index is 2.34. The average molecular weight is 345 g/mol. The maximum Gasteiger partial charge on any atom is 0.261 e. The van der Waals surface area contributed by atoms with Gasteiger partial charge >= 0.3 is 0 Å². The quantitative estimate of drug-likeness (QED) is 0.836. The molecule has 2 aromatic carbocycles. The molecule has 0 aromatic heterocycles. The van der Waals surface area contributed by atoms with Crippen LogP contribution >= 0.6 is 23.8 Å². The summed E-state index contributed by atoms with van der Waals surface area (Å²) >= 11 is 10.4. The zero-order valence-corrected chi connectivity index (χ0v) is 12.9. The van der Waals surface area contributed by atoms with Crippen LogP contribution in [0, 0.1) is 5.82 Å². The van der Waals surface area contributed by atoms with Gasteiger partial charge in [-0.2, -0.15) is 0 Å². The molecule has 8 heteroatoms. The van der Waals surface area contributed by atoms with Crippen molar-refractivity contribution in [3.05, 3.63) is 58.9 Å². The molecule has 0 aliphatic heterocycles. The molecule has 2 rings (SSSR count). The van der Waals surface area contributed by atoms with Crippen molar-refractivity contribution in [2.24, 2.45) is 5.73 Å². The summed E-state index contributed by atoms with van der Waals surface area (Å²) in [4.78, 5) is 0.120. The molecule has 0 heterocycles. The zero-order chi connectivity index (χ0) is 15.6. The molecule has 0 amide bonds. The van der Waals surface area contributed by atoms with Crippen molar-refractivity contribution in [1.82, 2.24) is 0 Å². The highest BCUT2D eigenvalue weighted by atomic mass is 35.5. The van der Waals surface area contributed by atoms with E-state index >= 15 is 0 Å². The summed E-state index contributed by atoms with van der Waals surface area (Å²) in [7, 11) is -3.93. The first-order chi connectivity index (χ1) is 9.81. The van der Waals surface area contributed by atoms with Crippen molar-refractivity contribution in [3.63, 3.8) is 0 Å². The van der Waals surface area contributed by atoms with E-state index in [-0.39, 0.29) is 20.6 Å². The Morgan fingerprint density at radius 2 is 1.81 bits per heavy atom. The number of hydrogen-bond donors (Lipinski definition) is 2. The van der Waals surface area contributed by atoms with Crippen molar-refractivity contribution in [1.29, 1.82) is 0 Å². The number of thiocarbonyl (C=S) groups is 1. The molecule has 0 radical (unpaired) electrons. The second-order valence-electron chi connectivity index (χ2n) is 4.10. The molecule has 0 saturated heterocycles. The van der Waals surface area contributed by atoms with E-state index in [1.165, 1.54) is 42.5 Å². The summed E-state index contributed by atoms with van der Waals surface area (Å²) in [5.41, 5.74) is 5.75. The maximum atomic E-state index is 13.7. The molecule has 0 spiro atoms. The lowest BCUT2D eigenvalue weighted by molar-refractivity contribution is 0.598. The fourth-order valence-electron chi connectivity index (χ4n) is 1.58. The van der Waals surface area contributed by atoms with Gasteiger partial charge in [-0.25, -0.2) is 12.8 Å². The number of anilines is 1. The van der Waals surface area contributed by atoms with Crippen LogP contribution in [0.3, 0.4) is 0 Å². The summed E-state index contributed by atoms with van der Waals surface area (Å²) in [6, 6.07) is 9.67. The van der Waals surface area contributed by atoms with Gasteiger partial charge in [0.25, 0.3) is 10.0 Å². The number of nitrogens with one attached hydrogen (secondary N) is 1. The number of halogens is 2. The molecular weight excluding hydrogens is 335 g/mol. The summed E-state index contributed by atoms with van der Waals surface area (Å²) in [6.07, 6.45) is 0. The van der Waals surface area contributed by atoms with Crippen LogP contribution in [0.15, 0.2) is 47.4 Å². The Labute approximate surface area is 131 Å². The topological polar surface area (TPSA) is 72.2 Å². The second-order valence-corrected chi connectivity index (χ2v) is 6.62. The molecule has 21 heavy (non-hydrogen) atoms. The predicted molar refractivity (Wildman–Crippen MR) is 84.5 cm³/mol. The van der Waals surface area contributed by atoms with Gasteiger partial charge in [-0.15, -0.1) is 0 Å². The highest BCUT2D eigenvalue weighted by molar-refractivity contribution is 7.92. The normalized spacial score (nSPS) is 11.1. The monoisotopic (exact) mass is 344 g/mol. The molecule has 0 aliphatic carbocycles. The van der Waals surface area contributed by atoms with Crippen LogP contribution < -0.4 is 10.5 Å². The van der Waals surface area contributed by atoms with Gasteiger partial charge in [-0.05, 0) is 24.3 Å². The van der Waals surface area contributed by atoms with Gasteiger partial charge in [0, 0.05) is 5.56 Å². The summed E-state index contributed by atoms with van der Waals surface area (Å²) in [5.74, 6) is -0.831. The molecule has 3 N–H and O–H groups in total. The van der Waals surface area contributed by atoms with E-state index in [9.17, 15) is 12.8 Å². The summed E-state index contributed by atoms with van der Waals surface area (Å²) in [6.45, 7) is 0. The van der Waals surface area contributed by atoms with E-state index in [1.54, 1.807) is 0 Å². The molecule has 0 bridgehead atoms. The van der Waals surface area contributed by atoms with Crippen LogP contribution in [0.25, 0.3) is 0 Å². The third-order valence-electron chi connectivity index (χ3n) is 2.65. The van der Waals surface area contributed by atoms with Crippen molar-refractivity contribution in [2.75, 3.05) is 4.72 Å². The van der Waals surface area contributed by atoms with Crippen molar-refractivity contribution < 1.29 is 12.8 Å². The Bertz CT molecular complexity index is 792. The van der Waals surface area contributed by atoms with E-state index in [0.717, 1.165) is 0 Å². The highest BCUT2D eigenvalue weighted by Gasteiger charge is 2.17.